The lowest BCUT2D eigenvalue weighted by molar-refractivity contribution is -0.126. The molecule has 0 heterocycles. The summed E-state index contributed by atoms with van der Waals surface area (Å²) in [5, 5.41) is 10.4. The van der Waals surface area contributed by atoms with Crippen LogP contribution in [-0.4, -0.2) is 78.0 Å². The van der Waals surface area contributed by atoms with Crippen LogP contribution < -0.4 is 5.48 Å². The number of nitrogens with one attached hydrogen (secondary N) is 1. The van der Waals surface area contributed by atoms with Gasteiger partial charge in [0.25, 0.3) is 6.47 Å². The minimum atomic E-state index is -0.297. The first kappa shape index (κ1) is 41.9. The number of esters is 1. The van der Waals surface area contributed by atoms with Crippen LogP contribution in [0.2, 0.25) is 0 Å². The molecule has 2 atom stereocenters. The van der Waals surface area contributed by atoms with Crippen molar-refractivity contribution in [3.05, 3.63) is 60.2 Å². The second-order valence-electron chi connectivity index (χ2n) is 8.29. The molecule has 0 aliphatic carbocycles. The third-order valence-corrected chi connectivity index (χ3v) is 4.98. The minimum absolute atomic E-state index is 0.0237. The zero-order chi connectivity index (χ0) is 31.9. The number of aldehydes is 1. The summed E-state index contributed by atoms with van der Waals surface area (Å²) in [4.78, 5) is 34.4. The van der Waals surface area contributed by atoms with Crippen LogP contribution in [-0.2, 0) is 28.5 Å². The molecule has 0 aliphatic heterocycles. The molecule has 0 fully saturated rings. The van der Waals surface area contributed by atoms with Crippen molar-refractivity contribution in [3.63, 3.8) is 0 Å². The maximum absolute atomic E-state index is 12.0. The van der Waals surface area contributed by atoms with E-state index in [0.29, 0.717) is 24.5 Å². The lowest BCUT2D eigenvalue weighted by Crippen LogP contribution is -2.20. The Morgan fingerprint density at radius 3 is 2.00 bits per heavy atom. The number of fused-ring (bicyclic) bond motifs is 1. The molecule has 0 bridgehead atoms. The number of ether oxygens (including phenoxy) is 4. The van der Waals surface area contributed by atoms with Gasteiger partial charge in [0, 0.05) is 34.3 Å². The summed E-state index contributed by atoms with van der Waals surface area (Å²) in [6.45, 7) is 8.52. The number of nitrogens with zero attached hydrogens (tertiary/aromatic N) is 1. The normalized spacial score (nSPS) is 11.4. The molecular weight excluding hydrogens is 528 g/mol. The predicted molar refractivity (Wildman–Crippen MR) is 165 cm³/mol. The molecular formula is C31H50N2O8. The van der Waals surface area contributed by atoms with Crippen molar-refractivity contribution in [1.29, 1.82) is 0 Å². The van der Waals surface area contributed by atoms with Crippen LogP contribution in [0.15, 0.2) is 59.6 Å². The molecule has 10 nitrogen and oxygen atoms in total. The number of benzene rings is 2. The average molecular weight is 579 g/mol. The zero-order valence-corrected chi connectivity index (χ0v) is 26.1. The summed E-state index contributed by atoms with van der Waals surface area (Å²) in [6, 6.07) is 13.5. The fourth-order valence-electron chi connectivity index (χ4n) is 2.58. The van der Waals surface area contributed by atoms with Gasteiger partial charge < -0.3 is 23.7 Å². The summed E-state index contributed by atoms with van der Waals surface area (Å²) in [5.41, 5.74) is 2.49. The van der Waals surface area contributed by atoms with Gasteiger partial charge in [-0.25, -0.2) is 4.79 Å². The molecule has 0 spiro atoms. The lowest BCUT2D eigenvalue weighted by atomic mass is 10.1. The van der Waals surface area contributed by atoms with Gasteiger partial charge in [0.2, 0.25) is 0 Å². The highest BCUT2D eigenvalue weighted by atomic mass is 16.6. The van der Waals surface area contributed by atoms with Crippen LogP contribution in [0, 0.1) is 5.92 Å². The first-order valence-electron chi connectivity index (χ1n) is 13.2. The summed E-state index contributed by atoms with van der Waals surface area (Å²) < 4.78 is 18.7. The zero-order valence-electron chi connectivity index (χ0n) is 26.1. The van der Waals surface area contributed by atoms with Gasteiger partial charge in [-0.05, 0) is 48.7 Å². The first-order valence-corrected chi connectivity index (χ1v) is 13.2. The lowest BCUT2D eigenvalue weighted by Gasteiger charge is -2.14. The van der Waals surface area contributed by atoms with Gasteiger partial charge in [0.05, 0.1) is 18.8 Å². The van der Waals surface area contributed by atoms with E-state index in [0.717, 1.165) is 36.3 Å². The third-order valence-electron chi connectivity index (χ3n) is 4.98. The molecule has 2 N–H and O–H groups in total. The Kier molecular flexibility index (Phi) is 31.6. The van der Waals surface area contributed by atoms with Gasteiger partial charge in [-0.1, -0.05) is 63.6 Å². The Morgan fingerprint density at radius 2 is 1.63 bits per heavy atom. The molecule has 10 heteroatoms. The van der Waals surface area contributed by atoms with Crippen molar-refractivity contribution in [3.8, 4) is 0 Å². The van der Waals surface area contributed by atoms with E-state index >= 15 is 0 Å². The molecule has 2 unspecified atom stereocenters. The molecule has 2 aromatic rings. The standard InChI is InChI=1S/C17H20O3.C5H10N2O.C5H10O.C2H4O2.C2H6O/c1-3-6-16(19-2)12-20-17(18)15-10-9-13-7-4-5-8-14(13)11-15;1-3-4-5(6-2)7-8;1-3-5(2)4-6;1-4-2-3;1-3-2/h4-5,7-11,16H,3,6,12H2,1-2H3;3-4,8H,1-2H3,(H,6,7);4-5H,3H2,1-2H3;2H,1H3;1-2H3/b;4-3-;;;. The van der Waals surface area contributed by atoms with Crippen LogP contribution in [0.4, 0.5) is 0 Å². The van der Waals surface area contributed by atoms with Crippen molar-refractivity contribution < 1.29 is 38.5 Å². The van der Waals surface area contributed by atoms with E-state index in [1.54, 1.807) is 46.6 Å². The van der Waals surface area contributed by atoms with Crippen molar-refractivity contribution in [2.45, 2.75) is 53.1 Å². The fourth-order valence-corrected chi connectivity index (χ4v) is 2.58. The first-order chi connectivity index (χ1) is 19.7. The van der Waals surface area contributed by atoms with Gasteiger partial charge >= 0.3 is 5.97 Å². The van der Waals surface area contributed by atoms with E-state index in [2.05, 4.69) is 21.4 Å². The Morgan fingerprint density at radius 1 is 1.05 bits per heavy atom. The Balaban J connectivity index is -0.000000566. The topological polar surface area (TPSA) is 133 Å². The SMILES string of the molecule is C/C=C\C(=NC)NO.CCC(C)C=O.CCCC(COC(=O)c1ccc2ccccc2c1)OC.COC.COC=O. The smallest absolute Gasteiger partial charge is 0.338 e. The molecule has 232 valence electrons. The Bertz CT molecular complexity index is 977. The number of rotatable bonds is 10. The number of hydrogen-bond acceptors (Lipinski definition) is 9. The summed E-state index contributed by atoms with van der Waals surface area (Å²) in [7, 11) is 7.80. The van der Waals surface area contributed by atoms with Crippen LogP contribution >= 0.6 is 0 Å². The molecule has 0 aromatic heterocycles. The van der Waals surface area contributed by atoms with E-state index in [9.17, 15) is 9.59 Å². The Hall–Kier alpha value is -3.60. The fraction of sp³-hybridized carbons (Fsp3) is 0.484. The van der Waals surface area contributed by atoms with Gasteiger partial charge in [0.15, 0.2) is 0 Å². The van der Waals surface area contributed by atoms with Crippen LogP contribution in [0.25, 0.3) is 10.8 Å². The van der Waals surface area contributed by atoms with Crippen LogP contribution in [0.1, 0.15) is 57.3 Å². The van der Waals surface area contributed by atoms with Crippen molar-refractivity contribution in [2.75, 3.05) is 42.1 Å². The number of allylic oxidation sites excluding steroid dienone is 1. The maximum atomic E-state index is 12.0. The van der Waals surface area contributed by atoms with Gasteiger partial charge in [-0.3, -0.25) is 20.5 Å². The minimum Gasteiger partial charge on any atom is -0.471 e. The van der Waals surface area contributed by atoms with E-state index in [4.69, 9.17) is 19.5 Å². The highest BCUT2D eigenvalue weighted by Gasteiger charge is 2.12. The number of amidine groups is 1. The molecule has 0 amide bonds. The third kappa shape index (κ3) is 24.0. The van der Waals surface area contributed by atoms with Crippen molar-refractivity contribution in [1.82, 2.24) is 5.48 Å². The highest BCUT2D eigenvalue weighted by molar-refractivity contribution is 5.95. The highest BCUT2D eigenvalue weighted by Crippen LogP contribution is 2.16. The Labute approximate surface area is 245 Å². The van der Waals surface area contributed by atoms with Crippen molar-refractivity contribution in [2.24, 2.45) is 10.9 Å². The average Bonchev–Trinajstić information content (AvgIpc) is 3.02. The molecule has 0 saturated carbocycles. The van der Waals surface area contributed by atoms with E-state index < -0.39 is 0 Å². The van der Waals surface area contributed by atoms with Crippen molar-refractivity contribution >= 4 is 35.3 Å². The number of methoxy groups -OCH3 is 3. The van der Waals surface area contributed by atoms with E-state index in [1.807, 2.05) is 62.6 Å². The number of carbonyl (C=O) groups is 3. The molecule has 2 aromatic carbocycles. The summed E-state index contributed by atoms with van der Waals surface area (Å²) in [6.07, 6.45) is 7.26. The number of hydrogen-bond donors (Lipinski definition) is 2. The van der Waals surface area contributed by atoms with Crippen LogP contribution in [0.5, 0.6) is 0 Å². The van der Waals surface area contributed by atoms with Crippen LogP contribution in [0.3, 0.4) is 0 Å². The second kappa shape index (κ2) is 30.9. The second-order valence-corrected chi connectivity index (χ2v) is 8.29. The van der Waals surface area contributed by atoms with E-state index in [-0.39, 0.29) is 18.0 Å². The molecule has 2 rings (SSSR count). The molecule has 0 saturated heterocycles. The summed E-state index contributed by atoms with van der Waals surface area (Å²) in [5.74, 6) is 0.423. The van der Waals surface area contributed by atoms with Gasteiger partial charge in [-0.2, -0.15) is 0 Å². The molecule has 0 aliphatic rings. The monoisotopic (exact) mass is 578 g/mol. The largest absolute Gasteiger partial charge is 0.471 e. The molecule has 0 radical (unpaired) electrons. The number of aliphatic imine (C=N–C) groups is 1. The maximum Gasteiger partial charge on any atom is 0.338 e. The number of hydroxylamine groups is 1. The quantitative estimate of drug-likeness (QED) is 0.120. The summed E-state index contributed by atoms with van der Waals surface area (Å²) >= 11 is 0. The van der Waals surface area contributed by atoms with E-state index in [1.165, 1.54) is 7.11 Å². The van der Waals surface area contributed by atoms with Gasteiger partial charge in [-0.15, -0.1) is 0 Å². The predicted octanol–water partition coefficient (Wildman–Crippen LogP) is 5.66. The molecule has 41 heavy (non-hydrogen) atoms. The number of carbonyl (C=O) groups excluding carboxylic acids is 3. The van der Waals surface area contributed by atoms with Gasteiger partial charge in [0.1, 0.15) is 18.7 Å².